The van der Waals surface area contributed by atoms with Gasteiger partial charge in [0.2, 0.25) is 0 Å². The largest absolute Gasteiger partial charge is 0.496 e. The maximum Gasteiger partial charge on any atom is 0.173 e. The molecule has 0 radical (unpaired) electrons. The van der Waals surface area contributed by atoms with E-state index in [0.717, 1.165) is 16.2 Å². The van der Waals surface area contributed by atoms with Crippen LogP contribution in [0.2, 0.25) is 0 Å². The number of benzene rings is 1. The third-order valence-corrected chi connectivity index (χ3v) is 3.82. The number of ether oxygens (including phenoxy) is 1. The number of hydrogen-bond acceptors (Lipinski definition) is 5. The number of oxime groups is 1. The zero-order chi connectivity index (χ0) is 14.5. The molecule has 1 heterocycles. The van der Waals surface area contributed by atoms with Crippen molar-refractivity contribution in [1.82, 2.24) is 4.98 Å². The topological polar surface area (TPSA) is 80.7 Å². The molecule has 1 aromatic heterocycles. The lowest BCUT2D eigenvalue weighted by Crippen LogP contribution is -2.16. The average Bonchev–Trinajstić information content (AvgIpc) is 2.47. The predicted molar refractivity (Wildman–Crippen MR) is 78.6 cm³/mol. The molecule has 0 fully saturated rings. The van der Waals surface area contributed by atoms with Gasteiger partial charge in [-0.1, -0.05) is 29.1 Å². The Hall–Kier alpha value is -2.21. The maximum absolute atomic E-state index is 8.91. The molecule has 0 spiro atoms. The lowest BCUT2D eigenvalue weighted by Gasteiger charge is -2.11. The fourth-order valence-corrected chi connectivity index (χ4v) is 2.87. The highest BCUT2D eigenvalue weighted by Gasteiger charge is 2.14. The molecule has 0 atom stereocenters. The van der Waals surface area contributed by atoms with Crippen LogP contribution in [0.15, 0.2) is 51.6 Å². The van der Waals surface area contributed by atoms with E-state index in [1.165, 1.54) is 11.8 Å². The zero-order valence-corrected chi connectivity index (χ0v) is 12.0. The van der Waals surface area contributed by atoms with Crippen molar-refractivity contribution in [2.75, 3.05) is 7.11 Å². The van der Waals surface area contributed by atoms with Crippen LogP contribution in [-0.4, -0.2) is 23.1 Å². The third kappa shape index (κ3) is 2.85. The number of nitrogens with two attached hydrogens (primary N) is 1. The molecule has 0 unspecified atom stereocenters. The molecular formula is C14H15N3O2S. The van der Waals surface area contributed by atoms with Gasteiger partial charge in [0, 0.05) is 6.20 Å². The van der Waals surface area contributed by atoms with Gasteiger partial charge in [-0.3, -0.25) is 0 Å². The van der Waals surface area contributed by atoms with Crippen LogP contribution >= 0.6 is 11.8 Å². The van der Waals surface area contributed by atoms with Crippen LogP contribution in [0.25, 0.3) is 0 Å². The van der Waals surface area contributed by atoms with E-state index >= 15 is 0 Å². The van der Waals surface area contributed by atoms with Gasteiger partial charge in [0.15, 0.2) is 5.84 Å². The Morgan fingerprint density at radius 1 is 1.35 bits per heavy atom. The van der Waals surface area contributed by atoms with Crippen LogP contribution < -0.4 is 10.5 Å². The van der Waals surface area contributed by atoms with E-state index in [1.807, 2.05) is 37.3 Å². The molecule has 6 heteroatoms. The summed E-state index contributed by atoms with van der Waals surface area (Å²) < 4.78 is 5.31. The molecule has 0 aliphatic heterocycles. The molecule has 2 aromatic rings. The molecule has 0 aliphatic carbocycles. The Bertz CT molecular complexity index is 644. The first-order valence-electron chi connectivity index (χ1n) is 5.91. The number of rotatable bonds is 4. The molecule has 0 amide bonds. The van der Waals surface area contributed by atoms with Crippen LogP contribution in [0.4, 0.5) is 0 Å². The van der Waals surface area contributed by atoms with Crippen molar-refractivity contribution in [2.45, 2.75) is 16.8 Å². The average molecular weight is 289 g/mol. The number of methoxy groups -OCH3 is 1. The van der Waals surface area contributed by atoms with Gasteiger partial charge in [-0.25, -0.2) is 4.98 Å². The Labute approximate surface area is 121 Å². The normalized spacial score (nSPS) is 11.4. The van der Waals surface area contributed by atoms with Gasteiger partial charge in [-0.05, 0) is 30.7 Å². The van der Waals surface area contributed by atoms with E-state index < -0.39 is 0 Å². The van der Waals surface area contributed by atoms with Crippen LogP contribution in [0.1, 0.15) is 11.1 Å². The summed E-state index contributed by atoms with van der Waals surface area (Å²) >= 11 is 1.42. The fraction of sp³-hybridized carbons (Fsp3) is 0.143. The van der Waals surface area contributed by atoms with Gasteiger partial charge >= 0.3 is 0 Å². The first-order chi connectivity index (χ1) is 9.67. The van der Waals surface area contributed by atoms with Crippen molar-refractivity contribution in [3.63, 3.8) is 0 Å². The number of nitrogens with zero attached hydrogens (tertiary/aromatic N) is 2. The summed E-state index contributed by atoms with van der Waals surface area (Å²) in [6, 6.07) is 9.45. The zero-order valence-electron chi connectivity index (χ0n) is 11.2. The first kappa shape index (κ1) is 14.2. The maximum atomic E-state index is 8.91. The second kappa shape index (κ2) is 6.29. The molecule has 0 saturated heterocycles. The standard InChI is InChI=1S/C14H15N3O2S/c1-9-7-8-16-14(12(9)13(15)17-18)20-11-6-4-3-5-10(11)19-2/h3-8,18H,1-2H3,(H2,15,17). The quantitative estimate of drug-likeness (QED) is 0.391. The molecule has 0 aliphatic rings. The molecule has 20 heavy (non-hydrogen) atoms. The Morgan fingerprint density at radius 3 is 2.80 bits per heavy atom. The van der Waals surface area contributed by atoms with Crippen molar-refractivity contribution in [3.8, 4) is 5.75 Å². The minimum absolute atomic E-state index is 0.0491. The van der Waals surface area contributed by atoms with Crippen molar-refractivity contribution in [3.05, 3.63) is 47.7 Å². The summed E-state index contributed by atoms with van der Waals surface area (Å²) in [7, 11) is 1.62. The number of aromatic nitrogens is 1. The first-order valence-corrected chi connectivity index (χ1v) is 6.73. The summed E-state index contributed by atoms with van der Waals surface area (Å²) in [6.07, 6.45) is 1.70. The lowest BCUT2D eigenvalue weighted by molar-refractivity contribution is 0.318. The van der Waals surface area contributed by atoms with Crippen LogP contribution in [0, 0.1) is 6.92 Å². The summed E-state index contributed by atoms with van der Waals surface area (Å²) in [5.41, 5.74) is 7.26. The van der Waals surface area contributed by atoms with E-state index in [4.69, 9.17) is 15.7 Å². The number of para-hydroxylation sites is 1. The second-order valence-corrected chi connectivity index (χ2v) is 5.08. The van der Waals surface area contributed by atoms with Gasteiger partial charge in [-0.2, -0.15) is 0 Å². The molecule has 104 valence electrons. The lowest BCUT2D eigenvalue weighted by atomic mass is 10.1. The summed E-state index contributed by atoms with van der Waals surface area (Å²) in [4.78, 5) is 5.23. The summed E-state index contributed by atoms with van der Waals surface area (Å²) in [5.74, 6) is 0.805. The molecular weight excluding hydrogens is 274 g/mol. The van der Waals surface area contributed by atoms with Crippen LogP contribution in [0.5, 0.6) is 5.75 Å². The molecule has 5 nitrogen and oxygen atoms in total. The van der Waals surface area contributed by atoms with Gasteiger partial charge in [0.1, 0.15) is 10.8 Å². The molecule has 0 saturated carbocycles. The van der Waals surface area contributed by atoms with E-state index in [9.17, 15) is 0 Å². The smallest absolute Gasteiger partial charge is 0.173 e. The van der Waals surface area contributed by atoms with Crippen molar-refractivity contribution < 1.29 is 9.94 Å². The highest BCUT2D eigenvalue weighted by molar-refractivity contribution is 7.99. The Kier molecular flexibility index (Phi) is 4.47. The predicted octanol–water partition coefficient (Wildman–Crippen LogP) is 2.64. The van der Waals surface area contributed by atoms with Crippen LogP contribution in [0.3, 0.4) is 0 Å². The number of amidine groups is 1. The number of pyridine rings is 1. The highest BCUT2D eigenvalue weighted by Crippen LogP contribution is 2.35. The van der Waals surface area contributed by atoms with Gasteiger partial charge in [0.25, 0.3) is 0 Å². The van der Waals surface area contributed by atoms with Gasteiger partial charge < -0.3 is 15.7 Å². The van der Waals surface area contributed by atoms with E-state index in [1.54, 1.807) is 13.3 Å². The van der Waals surface area contributed by atoms with Gasteiger partial charge in [0.05, 0.1) is 17.6 Å². The Balaban J connectivity index is 2.46. The van der Waals surface area contributed by atoms with Crippen molar-refractivity contribution in [2.24, 2.45) is 10.9 Å². The molecule has 2 rings (SSSR count). The van der Waals surface area contributed by atoms with E-state index in [2.05, 4.69) is 10.1 Å². The number of hydrogen-bond donors (Lipinski definition) is 2. The number of aryl methyl sites for hydroxylation is 1. The molecule has 1 aromatic carbocycles. The Morgan fingerprint density at radius 2 is 2.10 bits per heavy atom. The summed E-state index contributed by atoms with van der Waals surface area (Å²) in [6.45, 7) is 1.89. The third-order valence-electron chi connectivity index (χ3n) is 2.76. The SMILES string of the molecule is COc1ccccc1Sc1nccc(C)c1/C(N)=N/O. The van der Waals surface area contributed by atoms with Crippen molar-refractivity contribution in [1.29, 1.82) is 0 Å². The second-order valence-electron chi connectivity index (χ2n) is 4.05. The van der Waals surface area contributed by atoms with Crippen molar-refractivity contribution >= 4 is 17.6 Å². The fourth-order valence-electron chi connectivity index (χ4n) is 1.78. The van der Waals surface area contributed by atoms with Gasteiger partial charge in [-0.15, -0.1) is 0 Å². The minimum atomic E-state index is 0.0491. The highest BCUT2D eigenvalue weighted by atomic mass is 32.2. The monoisotopic (exact) mass is 289 g/mol. The van der Waals surface area contributed by atoms with Crippen LogP contribution in [-0.2, 0) is 0 Å². The van der Waals surface area contributed by atoms with E-state index in [-0.39, 0.29) is 5.84 Å². The summed E-state index contributed by atoms with van der Waals surface area (Å²) in [5, 5.41) is 12.7. The molecule has 3 N–H and O–H groups in total. The molecule has 0 bridgehead atoms. The van der Waals surface area contributed by atoms with E-state index in [0.29, 0.717) is 10.6 Å². The minimum Gasteiger partial charge on any atom is -0.496 e.